The first-order valence-electron chi connectivity index (χ1n) is 8.27. The molecule has 0 spiro atoms. The van der Waals surface area contributed by atoms with Crippen molar-refractivity contribution >= 4 is 11.8 Å². The van der Waals surface area contributed by atoms with Gasteiger partial charge in [-0.1, -0.05) is 19.1 Å². The van der Waals surface area contributed by atoms with E-state index in [0.29, 0.717) is 5.82 Å². The number of nitrogens with one attached hydrogen (secondary N) is 2. The Balaban J connectivity index is 1.67. The molecule has 1 aromatic carbocycles. The van der Waals surface area contributed by atoms with Crippen molar-refractivity contribution in [1.82, 2.24) is 24.9 Å². The number of aromatic nitrogens is 4. The Kier molecular flexibility index (Phi) is 4.83. The molecule has 3 aromatic rings. The summed E-state index contributed by atoms with van der Waals surface area (Å²) in [6, 6.07) is 11.3. The zero-order chi connectivity index (χ0) is 17.8. The van der Waals surface area contributed by atoms with Crippen molar-refractivity contribution in [3.05, 3.63) is 60.0 Å². The number of amides is 2. The maximum Gasteiger partial charge on any atom is 0.320 e. The Hall–Kier alpha value is -3.09. The van der Waals surface area contributed by atoms with Gasteiger partial charge in [0.05, 0.1) is 17.4 Å². The average Bonchev–Trinajstić information content (AvgIpc) is 3.25. The van der Waals surface area contributed by atoms with Gasteiger partial charge in [0, 0.05) is 25.5 Å². The van der Waals surface area contributed by atoms with Gasteiger partial charge in [-0.3, -0.25) is 10.00 Å². The van der Waals surface area contributed by atoms with Crippen LogP contribution in [0.15, 0.2) is 48.8 Å². The van der Waals surface area contributed by atoms with Crippen LogP contribution in [0.2, 0.25) is 0 Å². The highest BCUT2D eigenvalue weighted by Gasteiger charge is 2.12. The maximum atomic E-state index is 12.3. The van der Waals surface area contributed by atoms with Crippen LogP contribution in [-0.2, 0) is 13.5 Å². The number of urea groups is 1. The van der Waals surface area contributed by atoms with Gasteiger partial charge in [-0.05, 0) is 37.1 Å². The Labute approximate surface area is 146 Å². The van der Waals surface area contributed by atoms with Gasteiger partial charge in [-0.15, -0.1) is 0 Å². The fraction of sp³-hybridized carbons (Fsp3) is 0.278. The molecule has 0 aliphatic heterocycles. The van der Waals surface area contributed by atoms with E-state index in [9.17, 15) is 4.79 Å². The first kappa shape index (κ1) is 16.8. The van der Waals surface area contributed by atoms with Crippen molar-refractivity contribution in [2.45, 2.75) is 26.3 Å². The van der Waals surface area contributed by atoms with Gasteiger partial charge in [0.2, 0.25) is 0 Å². The van der Waals surface area contributed by atoms with Crippen LogP contribution in [0.3, 0.4) is 0 Å². The normalized spacial score (nSPS) is 12.0. The third-order valence-corrected chi connectivity index (χ3v) is 4.02. The van der Waals surface area contributed by atoms with Crippen molar-refractivity contribution < 1.29 is 4.79 Å². The molecule has 2 heterocycles. The average molecular weight is 338 g/mol. The molecule has 0 bridgehead atoms. The lowest BCUT2D eigenvalue weighted by Gasteiger charge is -2.16. The van der Waals surface area contributed by atoms with Crippen molar-refractivity contribution in [1.29, 1.82) is 0 Å². The van der Waals surface area contributed by atoms with Crippen LogP contribution >= 0.6 is 0 Å². The molecule has 0 aliphatic carbocycles. The molecule has 25 heavy (non-hydrogen) atoms. The minimum Gasteiger partial charge on any atom is -0.331 e. The predicted octanol–water partition coefficient (Wildman–Crippen LogP) is 3.05. The SMILES string of the molecule is CCc1cc(NC(=O)NC(C)c2cccc(-n3cccn3)c2)n(C)n1. The number of carbonyl (C=O) groups is 1. The number of aryl methyl sites for hydroxylation is 2. The molecule has 2 amide bonds. The molecule has 130 valence electrons. The van der Waals surface area contributed by atoms with E-state index < -0.39 is 0 Å². The molecule has 3 rings (SSSR count). The number of nitrogens with zero attached hydrogens (tertiary/aromatic N) is 4. The standard InChI is InChI=1S/C18H22N6O/c1-4-15-12-17(23(3)22-15)21-18(25)20-13(2)14-7-5-8-16(11-14)24-10-6-9-19-24/h5-13H,4H2,1-3H3,(H2,20,21,25). The van der Waals surface area contributed by atoms with Crippen molar-refractivity contribution in [3.8, 4) is 5.69 Å². The number of hydrogen-bond donors (Lipinski definition) is 2. The summed E-state index contributed by atoms with van der Waals surface area (Å²) in [6.07, 6.45) is 4.45. The summed E-state index contributed by atoms with van der Waals surface area (Å²) >= 11 is 0. The van der Waals surface area contributed by atoms with E-state index in [1.807, 2.05) is 63.5 Å². The van der Waals surface area contributed by atoms with E-state index in [1.54, 1.807) is 15.6 Å². The number of anilines is 1. The van der Waals surface area contributed by atoms with Crippen LogP contribution in [0.4, 0.5) is 10.6 Å². The van der Waals surface area contributed by atoms with Gasteiger partial charge < -0.3 is 5.32 Å². The summed E-state index contributed by atoms with van der Waals surface area (Å²) in [7, 11) is 1.81. The van der Waals surface area contributed by atoms with Crippen LogP contribution < -0.4 is 10.6 Å². The fourth-order valence-electron chi connectivity index (χ4n) is 2.61. The molecule has 1 atom stereocenters. The van der Waals surface area contributed by atoms with E-state index in [0.717, 1.165) is 23.4 Å². The first-order chi connectivity index (χ1) is 12.1. The van der Waals surface area contributed by atoms with Crippen LogP contribution in [0.5, 0.6) is 0 Å². The summed E-state index contributed by atoms with van der Waals surface area (Å²) < 4.78 is 3.46. The van der Waals surface area contributed by atoms with E-state index in [-0.39, 0.29) is 12.1 Å². The van der Waals surface area contributed by atoms with Gasteiger partial charge in [-0.25, -0.2) is 9.48 Å². The molecule has 0 saturated heterocycles. The molecule has 0 aliphatic rings. The van der Waals surface area contributed by atoms with E-state index in [1.165, 1.54) is 0 Å². The molecule has 0 fully saturated rings. The van der Waals surface area contributed by atoms with E-state index in [2.05, 4.69) is 20.8 Å². The molecular weight excluding hydrogens is 316 g/mol. The van der Waals surface area contributed by atoms with Crippen LogP contribution in [0, 0.1) is 0 Å². The summed E-state index contributed by atoms with van der Waals surface area (Å²) in [5.41, 5.74) is 2.90. The minimum absolute atomic E-state index is 0.144. The van der Waals surface area contributed by atoms with Crippen molar-refractivity contribution in [2.75, 3.05) is 5.32 Å². The van der Waals surface area contributed by atoms with Gasteiger partial charge in [0.25, 0.3) is 0 Å². The number of carbonyl (C=O) groups excluding carboxylic acids is 1. The third kappa shape index (κ3) is 3.88. The number of hydrogen-bond acceptors (Lipinski definition) is 3. The number of benzene rings is 1. The van der Waals surface area contributed by atoms with Crippen LogP contribution in [0.25, 0.3) is 5.69 Å². The van der Waals surface area contributed by atoms with Crippen molar-refractivity contribution in [2.24, 2.45) is 7.05 Å². The Morgan fingerprint density at radius 2 is 2.12 bits per heavy atom. The van der Waals surface area contributed by atoms with Gasteiger partial charge >= 0.3 is 6.03 Å². The summed E-state index contributed by atoms with van der Waals surface area (Å²) in [4.78, 5) is 12.3. The molecule has 2 N–H and O–H groups in total. The first-order valence-corrected chi connectivity index (χ1v) is 8.27. The van der Waals surface area contributed by atoms with E-state index in [4.69, 9.17) is 0 Å². The quantitative estimate of drug-likeness (QED) is 0.750. The van der Waals surface area contributed by atoms with Gasteiger partial charge in [0.15, 0.2) is 0 Å². The summed E-state index contributed by atoms with van der Waals surface area (Å²) in [5, 5.41) is 14.3. The molecule has 7 nitrogen and oxygen atoms in total. The molecule has 1 unspecified atom stereocenters. The van der Waals surface area contributed by atoms with Gasteiger partial charge in [0.1, 0.15) is 5.82 Å². The highest BCUT2D eigenvalue weighted by molar-refractivity contribution is 5.88. The zero-order valence-corrected chi connectivity index (χ0v) is 14.6. The summed E-state index contributed by atoms with van der Waals surface area (Å²) in [5.74, 6) is 0.673. The Bertz CT molecular complexity index is 852. The van der Waals surface area contributed by atoms with Crippen LogP contribution in [-0.4, -0.2) is 25.6 Å². The van der Waals surface area contributed by atoms with Gasteiger partial charge in [-0.2, -0.15) is 10.2 Å². The smallest absolute Gasteiger partial charge is 0.320 e. The lowest BCUT2D eigenvalue weighted by Crippen LogP contribution is -2.31. The highest BCUT2D eigenvalue weighted by atomic mass is 16.2. The minimum atomic E-state index is -0.261. The Morgan fingerprint density at radius 1 is 1.28 bits per heavy atom. The molecule has 0 saturated carbocycles. The molecule has 7 heteroatoms. The largest absolute Gasteiger partial charge is 0.331 e. The second kappa shape index (κ2) is 7.21. The second-order valence-electron chi connectivity index (χ2n) is 5.86. The predicted molar refractivity (Wildman–Crippen MR) is 96.7 cm³/mol. The molecule has 0 radical (unpaired) electrons. The highest BCUT2D eigenvalue weighted by Crippen LogP contribution is 2.17. The molecule has 2 aromatic heterocycles. The van der Waals surface area contributed by atoms with Crippen molar-refractivity contribution in [3.63, 3.8) is 0 Å². The second-order valence-corrected chi connectivity index (χ2v) is 5.86. The summed E-state index contributed by atoms with van der Waals surface area (Å²) in [6.45, 7) is 3.98. The number of rotatable bonds is 5. The monoisotopic (exact) mass is 338 g/mol. The lowest BCUT2D eigenvalue weighted by atomic mass is 10.1. The lowest BCUT2D eigenvalue weighted by molar-refractivity contribution is 0.249. The fourth-order valence-corrected chi connectivity index (χ4v) is 2.61. The Morgan fingerprint density at radius 3 is 2.80 bits per heavy atom. The topological polar surface area (TPSA) is 76.8 Å². The zero-order valence-electron chi connectivity index (χ0n) is 14.6. The molecular formula is C18H22N6O. The maximum absolute atomic E-state index is 12.3. The van der Waals surface area contributed by atoms with E-state index >= 15 is 0 Å². The van der Waals surface area contributed by atoms with Crippen LogP contribution in [0.1, 0.15) is 31.1 Å². The third-order valence-electron chi connectivity index (χ3n) is 4.02.